The molecule has 0 saturated heterocycles. The first-order valence-electron chi connectivity index (χ1n) is 9.24. The van der Waals surface area contributed by atoms with Crippen LogP contribution in [0.25, 0.3) is 0 Å². The van der Waals surface area contributed by atoms with Gasteiger partial charge in [0.2, 0.25) is 5.91 Å². The predicted molar refractivity (Wildman–Crippen MR) is 103 cm³/mol. The van der Waals surface area contributed by atoms with Crippen molar-refractivity contribution in [3.8, 4) is 11.8 Å². The summed E-state index contributed by atoms with van der Waals surface area (Å²) in [5.74, 6) is 5.81. The molecule has 0 aliphatic heterocycles. The molecule has 0 rings (SSSR count). The van der Waals surface area contributed by atoms with E-state index < -0.39 is 12.2 Å². The fraction of sp³-hybridized carbons (Fsp3) is 0.789. The van der Waals surface area contributed by atoms with Crippen LogP contribution in [0.2, 0.25) is 0 Å². The Morgan fingerprint density at radius 3 is 2.56 bits per heavy atom. The van der Waals surface area contributed by atoms with Crippen molar-refractivity contribution in [1.82, 2.24) is 5.32 Å². The average Bonchev–Trinajstić information content (AvgIpc) is 2.55. The molecule has 0 aromatic rings. The largest absolute Gasteiger partial charge is 0.393 e. The molecule has 25 heavy (non-hydrogen) atoms. The minimum atomic E-state index is -0.589. The summed E-state index contributed by atoms with van der Waals surface area (Å²) in [7, 11) is 0. The maximum Gasteiger partial charge on any atom is 0.262 e. The highest BCUT2D eigenvalue weighted by Gasteiger charge is 2.06. The van der Waals surface area contributed by atoms with Gasteiger partial charge in [0.05, 0.1) is 12.2 Å². The zero-order valence-electron chi connectivity index (χ0n) is 15.6. The fourth-order valence-electron chi connectivity index (χ4n) is 2.23. The quantitative estimate of drug-likeness (QED) is 0.342. The molecule has 0 radical (unpaired) electrons. The molecule has 0 fully saturated rings. The van der Waals surface area contributed by atoms with Crippen molar-refractivity contribution in [2.24, 2.45) is 0 Å². The van der Waals surface area contributed by atoms with Gasteiger partial charge in [0.15, 0.2) is 0 Å². The van der Waals surface area contributed by atoms with Crippen LogP contribution in [-0.4, -0.2) is 45.7 Å². The number of aliphatic hydroxyl groups is 2. The third-order valence-electron chi connectivity index (χ3n) is 3.57. The zero-order chi connectivity index (χ0) is 18.9. The van der Waals surface area contributed by atoms with Crippen LogP contribution >= 0.6 is 11.8 Å². The highest BCUT2D eigenvalue weighted by molar-refractivity contribution is 8.14. The maximum atomic E-state index is 11.6. The molecule has 0 aromatic carbocycles. The van der Waals surface area contributed by atoms with Gasteiger partial charge in [-0.15, -0.1) is 0 Å². The Kier molecular flexibility index (Phi) is 15.8. The molecule has 144 valence electrons. The van der Waals surface area contributed by atoms with E-state index in [0.717, 1.165) is 24.6 Å². The summed E-state index contributed by atoms with van der Waals surface area (Å²) in [6.45, 7) is 4.26. The van der Waals surface area contributed by atoms with Crippen LogP contribution in [0.3, 0.4) is 0 Å². The second-order valence-electron chi connectivity index (χ2n) is 6.23. The lowest BCUT2D eigenvalue weighted by atomic mass is 10.1. The number of carbonyl (C=O) groups is 2. The molecule has 1 amide bonds. The number of thioether (sulfide) groups is 1. The molecule has 3 N–H and O–H groups in total. The monoisotopic (exact) mass is 371 g/mol. The summed E-state index contributed by atoms with van der Waals surface area (Å²) >= 11 is 1.09. The number of hydrogen-bond donors (Lipinski definition) is 3. The van der Waals surface area contributed by atoms with Gasteiger partial charge >= 0.3 is 0 Å². The van der Waals surface area contributed by atoms with E-state index in [-0.39, 0.29) is 11.0 Å². The molecule has 0 unspecified atom stereocenters. The van der Waals surface area contributed by atoms with Gasteiger partial charge in [-0.25, -0.2) is 0 Å². The Bertz CT molecular complexity index is 429. The van der Waals surface area contributed by atoms with Crippen LogP contribution in [0.15, 0.2) is 0 Å². The molecule has 0 aromatic heterocycles. The van der Waals surface area contributed by atoms with E-state index in [1.165, 1.54) is 19.3 Å². The lowest BCUT2D eigenvalue weighted by Gasteiger charge is -2.09. The summed E-state index contributed by atoms with van der Waals surface area (Å²) in [6, 6.07) is 0. The van der Waals surface area contributed by atoms with E-state index in [1.807, 2.05) is 0 Å². The second kappa shape index (κ2) is 16.4. The summed E-state index contributed by atoms with van der Waals surface area (Å²) in [6.07, 6.45) is 6.24. The van der Waals surface area contributed by atoms with Crippen LogP contribution in [0.5, 0.6) is 0 Å². The molecule has 0 heterocycles. The number of carbonyl (C=O) groups excluding carboxylic acids is 2. The van der Waals surface area contributed by atoms with Crippen molar-refractivity contribution in [2.75, 3.05) is 12.3 Å². The first-order chi connectivity index (χ1) is 12.0. The summed E-state index contributed by atoms with van der Waals surface area (Å²) < 4.78 is 0. The zero-order valence-corrected chi connectivity index (χ0v) is 16.4. The Morgan fingerprint density at radius 1 is 1.16 bits per heavy atom. The first kappa shape index (κ1) is 24.0. The van der Waals surface area contributed by atoms with E-state index >= 15 is 0 Å². The number of unbranched alkanes of at least 4 members (excludes halogenated alkanes) is 4. The number of aliphatic hydroxyl groups excluding tert-OH is 2. The molecule has 2 atom stereocenters. The summed E-state index contributed by atoms with van der Waals surface area (Å²) in [5.41, 5.74) is 0. The van der Waals surface area contributed by atoms with Crippen molar-refractivity contribution in [3.63, 3.8) is 0 Å². The lowest BCUT2D eigenvalue weighted by molar-refractivity contribution is -0.121. The molecular weight excluding hydrogens is 338 g/mol. The Hall–Kier alpha value is -1.03. The Labute approximate surface area is 156 Å². The number of hydrogen-bond acceptors (Lipinski definition) is 5. The molecule has 0 saturated carbocycles. The topological polar surface area (TPSA) is 86.6 Å². The number of nitrogens with one attached hydrogen (secondary N) is 1. The normalized spacial score (nSPS) is 12.8. The van der Waals surface area contributed by atoms with Gasteiger partial charge in [0.25, 0.3) is 5.12 Å². The molecule has 0 aliphatic rings. The molecule has 0 bridgehead atoms. The third-order valence-corrected chi connectivity index (χ3v) is 4.34. The van der Waals surface area contributed by atoms with Crippen LogP contribution < -0.4 is 5.32 Å². The van der Waals surface area contributed by atoms with Crippen molar-refractivity contribution in [3.05, 3.63) is 0 Å². The number of rotatable bonds is 13. The fourth-order valence-corrected chi connectivity index (χ4v) is 2.77. The van der Waals surface area contributed by atoms with Gasteiger partial charge in [-0.3, -0.25) is 9.59 Å². The van der Waals surface area contributed by atoms with Crippen molar-refractivity contribution >= 4 is 22.8 Å². The van der Waals surface area contributed by atoms with E-state index in [2.05, 4.69) is 24.1 Å². The minimum Gasteiger partial charge on any atom is -0.393 e. The predicted octanol–water partition coefficient (Wildman–Crippen LogP) is 2.64. The van der Waals surface area contributed by atoms with Crippen molar-refractivity contribution in [2.45, 2.75) is 83.8 Å². The van der Waals surface area contributed by atoms with Crippen LogP contribution in [0.1, 0.15) is 71.6 Å². The molecular formula is C19H33NO4S. The minimum absolute atomic E-state index is 0.0442. The third kappa shape index (κ3) is 17.6. The molecule has 0 aliphatic carbocycles. The SMILES string of the molecule is CCCCCCCC(=O)NCCSC(=O)C#CCC[C@@H](O)C[C@@H](C)O. The van der Waals surface area contributed by atoms with Gasteiger partial charge in [-0.2, -0.15) is 0 Å². The summed E-state index contributed by atoms with van der Waals surface area (Å²) in [5, 5.41) is 21.3. The van der Waals surface area contributed by atoms with Gasteiger partial charge in [-0.05, 0) is 32.1 Å². The Morgan fingerprint density at radius 2 is 1.88 bits per heavy atom. The highest BCUT2D eigenvalue weighted by atomic mass is 32.2. The molecule has 5 nitrogen and oxygen atoms in total. The first-order valence-corrected chi connectivity index (χ1v) is 10.2. The van der Waals surface area contributed by atoms with E-state index in [0.29, 0.717) is 38.0 Å². The van der Waals surface area contributed by atoms with Crippen LogP contribution in [0.4, 0.5) is 0 Å². The Balaban J connectivity index is 3.61. The van der Waals surface area contributed by atoms with Gasteiger partial charge < -0.3 is 15.5 Å². The smallest absolute Gasteiger partial charge is 0.262 e. The van der Waals surface area contributed by atoms with Crippen LogP contribution in [0, 0.1) is 11.8 Å². The van der Waals surface area contributed by atoms with Crippen LogP contribution in [-0.2, 0) is 9.59 Å². The van der Waals surface area contributed by atoms with Crippen molar-refractivity contribution < 1.29 is 19.8 Å². The van der Waals surface area contributed by atoms with Gasteiger partial charge in [0.1, 0.15) is 0 Å². The maximum absolute atomic E-state index is 11.6. The van der Waals surface area contributed by atoms with Gasteiger partial charge in [-0.1, -0.05) is 50.3 Å². The average molecular weight is 372 g/mol. The van der Waals surface area contributed by atoms with Crippen molar-refractivity contribution in [1.29, 1.82) is 0 Å². The lowest BCUT2D eigenvalue weighted by Crippen LogP contribution is -2.25. The van der Waals surface area contributed by atoms with Gasteiger partial charge in [0, 0.05) is 25.1 Å². The van der Waals surface area contributed by atoms with E-state index in [9.17, 15) is 14.7 Å². The molecule has 6 heteroatoms. The van der Waals surface area contributed by atoms with E-state index in [4.69, 9.17) is 5.11 Å². The standard InChI is InChI=1S/C19H33NO4S/c1-3-4-5-6-7-11-18(23)20-13-14-25-19(24)12-9-8-10-17(22)15-16(2)21/h16-17,21-22H,3-8,10-11,13-15H2,1-2H3,(H,20,23)/t16-,17-/m1/s1. The second-order valence-corrected chi connectivity index (χ2v) is 7.30. The summed E-state index contributed by atoms with van der Waals surface area (Å²) in [4.78, 5) is 23.2. The molecule has 0 spiro atoms. The van der Waals surface area contributed by atoms with E-state index in [1.54, 1.807) is 6.92 Å². The highest BCUT2D eigenvalue weighted by Crippen LogP contribution is 2.06. The number of amides is 1.